The Morgan fingerprint density at radius 1 is 1.24 bits per heavy atom. The molecule has 0 bridgehead atoms. The second-order valence-electron chi connectivity index (χ2n) is 6.71. The molecule has 118 valence electrons. The number of phenolic OH excluding ortho intramolecular Hbond substituents is 1. The third-order valence-corrected chi connectivity index (χ3v) is 4.87. The Labute approximate surface area is 129 Å². The fourth-order valence-electron chi connectivity index (χ4n) is 3.72. The zero-order valence-corrected chi connectivity index (χ0v) is 13.3. The van der Waals surface area contributed by atoms with Crippen molar-refractivity contribution in [3.63, 3.8) is 0 Å². The van der Waals surface area contributed by atoms with Crippen LogP contribution < -0.4 is 0 Å². The molecule has 1 aromatic carbocycles. The molecule has 0 aliphatic heterocycles. The molecule has 0 radical (unpaired) electrons. The average Bonchev–Trinajstić information content (AvgIpc) is 2.48. The van der Waals surface area contributed by atoms with Gasteiger partial charge in [-0.1, -0.05) is 51.2 Å². The minimum atomic E-state index is -0.121. The van der Waals surface area contributed by atoms with Crippen LogP contribution in [0.2, 0.25) is 0 Å². The summed E-state index contributed by atoms with van der Waals surface area (Å²) >= 11 is 0. The van der Waals surface area contributed by atoms with Gasteiger partial charge in [0.05, 0.1) is 6.10 Å². The highest BCUT2D eigenvalue weighted by molar-refractivity contribution is 5.30. The van der Waals surface area contributed by atoms with Crippen LogP contribution in [-0.2, 0) is 0 Å². The lowest BCUT2D eigenvalue weighted by atomic mass is 9.76. The lowest BCUT2D eigenvalue weighted by Gasteiger charge is -2.31. The first-order valence-electron chi connectivity index (χ1n) is 8.66. The maximum Gasteiger partial charge on any atom is 0.115 e. The minimum absolute atomic E-state index is 0.121. The van der Waals surface area contributed by atoms with Gasteiger partial charge in [-0.2, -0.15) is 0 Å². The zero-order valence-electron chi connectivity index (χ0n) is 13.3. The fourth-order valence-corrected chi connectivity index (χ4v) is 3.72. The summed E-state index contributed by atoms with van der Waals surface area (Å²) in [5.74, 6) is 1.57. The molecule has 2 nitrogen and oxygen atoms in total. The SMILES string of the molecule is CCCCCC(O)CC1CCCC(c2cccc(O)c2)C1. The summed E-state index contributed by atoms with van der Waals surface area (Å²) in [6.45, 7) is 2.20. The maximum atomic E-state index is 10.2. The number of aromatic hydroxyl groups is 1. The smallest absolute Gasteiger partial charge is 0.115 e. The van der Waals surface area contributed by atoms with Crippen molar-refractivity contribution in [3.8, 4) is 5.75 Å². The highest BCUT2D eigenvalue weighted by Gasteiger charge is 2.25. The molecule has 3 unspecified atom stereocenters. The molecule has 3 atom stereocenters. The van der Waals surface area contributed by atoms with Crippen molar-refractivity contribution >= 4 is 0 Å². The molecule has 1 fully saturated rings. The molecule has 0 saturated heterocycles. The van der Waals surface area contributed by atoms with E-state index in [0.29, 0.717) is 17.6 Å². The summed E-state index contributed by atoms with van der Waals surface area (Å²) in [5, 5.41) is 19.8. The van der Waals surface area contributed by atoms with Gasteiger partial charge < -0.3 is 10.2 Å². The van der Waals surface area contributed by atoms with Gasteiger partial charge in [-0.3, -0.25) is 0 Å². The van der Waals surface area contributed by atoms with Crippen LogP contribution in [0.3, 0.4) is 0 Å². The molecule has 0 aromatic heterocycles. The number of aliphatic hydroxyl groups is 1. The van der Waals surface area contributed by atoms with Crippen LogP contribution in [0.15, 0.2) is 24.3 Å². The third kappa shape index (κ3) is 5.35. The first-order valence-corrected chi connectivity index (χ1v) is 8.66. The Hall–Kier alpha value is -1.02. The lowest BCUT2D eigenvalue weighted by Crippen LogP contribution is -2.20. The number of rotatable bonds is 7. The summed E-state index contributed by atoms with van der Waals surface area (Å²) in [6, 6.07) is 7.71. The van der Waals surface area contributed by atoms with Crippen LogP contribution in [0.5, 0.6) is 5.75 Å². The second-order valence-corrected chi connectivity index (χ2v) is 6.71. The van der Waals surface area contributed by atoms with E-state index in [1.165, 1.54) is 37.7 Å². The minimum Gasteiger partial charge on any atom is -0.508 e. The van der Waals surface area contributed by atoms with E-state index in [9.17, 15) is 10.2 Å². The first kappa shape index (κ1) is 16.4. The van der Waals surface area contributed by atoms with E-state index in [1.54, 1.807) is 6.07 Å². The Balaban J connectivity index is 1.83. The topological polar surface area (TPSA) is 40.5 Å². The van der Waals surface area contributed by atoms with Crippen LogP contribution in [0, 0.1) is 5.92 Å². The molecule has 21 heavy (non-hydrogen) atoms. The van der Waals surface area contributed by atoms with Gasteiger partial charge in [-0.15, -0.1) is 0 Å². The fraction of sp³-hybridized carbons (Fsp3) is 0.684. The number of unbranched alkanes of at least 4 members (excludes halogenated alkanes) is 2. The zero-order chi connectivity index (χ0) is 15.1. The molecule has 0 heterocycles. The average molecular weight is 290 g/mol. The van der Waals surface area contributed by atoms with E-state index >= 15 is 0 Å². The van der Waals surface area contributed by atoms with E-state index < -0.39 is 0 Å². The molecular weight excluding hydrogens is 260 g/mol. The normalized spacial score (nSPS) is 23.9. The van der Waals surface area contributed by atoms with Gasteiger partial charge in [0.1, 0.15) is 5.75 Å². The molecule has 0 spiro atoms. The Bertz CT molecular complexity index is 416. The van der Waals surface area contributed by atoms with E-state index in [-0.39, 0.29) is 6.10 Å². The monoisotopic (exact) mass is 290 g/mol. The largest absolute Gasteiger partial charge is 0.508 e. The summed E-state index contributed by atoms with van der Waals surface area (Å²) in [6.07, 6.45) is 10.3. The van der Waals surface area contributed by atoms with Crippen molar-refractivity contribution in [1.29, 1.82) is 0 Å². The van der Waals surface area contributed by atoms with Crippen LogP contribution in [0.25, 0.3) is 0 Å². The molecule has 1 aliphatic carbocycles. The number of hydrogen-bond donors (Lipinski definition) is 2. The quantitative estimate of drug-likeness (QED) is 0.694. The molecule has 2 N–H and O–H groups in total. The molecular formula is C19H30O2. The number of benzene rings is 1. The molecule has 1 saturated carbocycles. The molecule has 1 aromatic rings. The lowest BCUT2D eigenvalue weighted by molar-refractivity contribution is 0.116. The van der Waals surface area contributed by atoms with Crippen LogP contribution in [0.4, 0.5) is 0 Å². The van der Waals surface area contributed by atoms with E-state index in [1.807, 2.05) is 12.1 Å². The number of phenols is 1. The predicted molar refractivity (Wildman–Crippen MR) is 87.6 cm³/mol. The summed E-state index contributed by atoms with van der Waals surface area (Å²) in [5.41, 5.74) is 1.26. The van der Waals surface area contributed by atoms with Crippen LogP contribution in [-0.4, -0.2) is 16.3 Å². The van der Waals surface area contributed by atoms with Crippen LogP contribution in [0.1, 0.15) is 76.2 Å². The van der Waals surface area contributed by atoms with Gasteiger partial charge in [-0.05, 0) is 55.2 Å². The Kier molecular flexibility index (Phi) is 6.56. The van der Waals surface area contributed by atoms with Crippen LogP contribution >= 0.6 is 0 Å². The van der Waals surface area contributed by atoms with E-state index in [4.69, 9.17) is 0 Å². The first-order chi connectivity index (χ1) is 10.2. The molecule has 1 aliphatic rings. The van der Waals surface area contributed by atoms with E-state index in [2.05, 4.69) is 13.0 Å². The summed E-state index contributed by atoms with van der Waals surface area (Å²) in [7, 11) is 0. The Morgan fingerprint density at radius 2 is 2.10 bits per heavy atom. The second kappa shape index (κ2) is 8.43. The predicted octanol–water partition coefficient (Wildman–Crippen LogP) is 5.00. The van der Waals surface area contributed by atoms with E-state index in [0.717, 1.165) is 25.7 Å². The summed E-state index contributed by atoms with van der Waals surface area (Å²) < 4.78 is 0. The van der Waals surface area contributed by atoms with Gasteiger partial charge in [0.25, 0.3) is 0 Å². The standard InChI is InChI=1S/C19H30O2/c1-2-3-4-10-18(20)13-15-7-5-8-16(12-15)17-9-6-11-19(21)14-17/h6,9,11,14-16,18,20-21H,2-5,7-8,10,12-13H2,1H3. The van der Waals surface area contributed by atoms with Crippen molar-refractivity contribution in [2.75, 3.05) is 0 Å². The van der Waals surface area contributed by atoms with Crippen molar-refractivity contribution in [2.45, 2.75) is 76.7 Å². The third-order valence-electron chi connectivity index (χ3n) is 4.87. The highest BCUT2D eigenvalue weighted by atomic mass is 16.3. The number of hydrogen-bond acceptors (Lipinski definition) is 2. The van der Waals surface area contributed by atoms with Crippen molar-refractivity contribution < 1.29 is 10.2 Å². The van der Waals surface area contributed by atoms with Gasteiger partial charge in [0.2, 0.25) is 0 Å². The van der Waals surface area contributed by atoms with Gasteiger partial charge in [0.15, 0.2) is 0 Å². The summed E-state index contributed by atoms with van der Waals surface area (Å²) in [4.78, 5) is 0. The maximum absolute atomic E-state index is 10.2. The van der Waals surface area contributed by atoms with Crippen molar-refractivity contribution in [3.05, 3.63) is 29.8 Å². The molecule has 2 heteroatoms. The van der Waals surface area contributed by atoms with Gasteiger partial charge in [0, 0.05) is 0 Å². The van der Waals surface area contributed by atoms with Crippen molar-refractivity contribution in [2.24, 2.45) is 5.92 Å². The van der Waals surface area contributed by atoms with Crippen molar-refractivity contribution in [1.82, 2.24) is 0 Å². The van der Waals surface area contributed by atoms with Gasteiger partial charge >= 0.3 is 0 Å². The number of aliphatic hydroxyl groups excluding tert-OH is 1. The molecule has 2 rings (SSSR count). The Morgan fingerprint density at radius 3 is 2.86 bits per heavy atom. The van der Waals surface area contributed by atoms with Gasteiger partial charge in [-0.25, -0.2) is 0 Å². The molecule has 0 amide bonds. The highest BCUT2D eigenvalue weighted by Crippen LogP contribution is 2.39.